The molecule has 120 valence electrons. The highest BCUT2D eigenvalue weighted by molar-refractivity contribution is 6.43. The molecule has 0 aliphatic rings. The first-order chi connectivity index (χ1) is 10.8. The minimum atomic E-state index is -4.65. The number of benzene rings is 2. The third-order valence-corrected chi connectivity index (χ3v) is 3.00. The Bertz CT molecular complexity index is 747. The Morgan fingerprint density at radius 3 is 2.22 bits per heavy atom. The summed E-state index contributed by atoms with van der Waals surface area (Å²) in [6.07, 6.45) is -4.65. The Morgan fingerprint density at radius 2 is 1.57 bits per heavy atom. The normalized spacial score (nSPS) is 11.0. The number of anilines is 2. The van der Waals surface area contributed by atoms with Gasteiger partial charge in [-0.1, -0.05) is 29.8 Å². The fourth-order valence-corrected chi connectivity index (χ4v) is 1.96. The van der Waals surface area contributed by atoms with E-state index in [2.05, 4.69) is 5.32 Å². The molecule has 0 atom stereocenters. The molecule has 23 heavy (non-hydrogen) atoms. The van der Waals surface area contributed by atoms with E-state index in [1.165, 1.54) is 24.3 Å². The molecule has 2 amide bonds. The number of hydrogen-bond donors (Lipinski definition) is 2. The number of rotatable bonds is 2. The van der Waals surface area contributed by atoms with Crippen molar-refractivity contribution in [1.29, 1.82) is 0 Å². The fraction of sp³-hybridized carbons (Fsp3) is 0.0667. The largest absolute Gasteiger partial charge is 0.418 e. The van der Waals surface area contributed by atoms with Crippen LogP contribution >= 0.6 is 11.6 Å². The first kappa shape index (κ1) is 16.8. The minimum Gasteiger partial charge on any atom is -0.318 e. The van der Waals surface area contributed by atoms with Crippen molar-refractivity contribution >= 4 is 34.8 Å². The van der Waals surface area contributed by atoms with Crippen molar-refractivity contribution < 1.29 is 22.8 Å². The Kier molecular flexibility index (Phi) is 4.90. The number of carbonyl (C=O) groups is 2. The van der Waals surface area contributed by atoms with Gasteiger partial charge in [0.1, 0.15) is 0 Å². The summed E-state index contributed by atoms with van der Waals surface area (Å²) in [6, 6.07) is 10.4. The highest BCUT2D eigenvalue weighted by Gasteiger charge is 2.34. The van der Waals surface area contributed by atoms with Gasteiger partial charge in [0.25, 0.3) is 0 Å². The van der Waals surface area contributed by atoms with Gasteiger partial charge in [0.2, 0.25) is 0 Å². The molecule has 2 aromatic rings. The number of amides is 2. The molecule has 0 heterocycles. The highest BCUT2D eigenvalue weighted by Crippen LogP contribution is 2.34. The van der Waals surface area contributed by atoms with Crippen molar-refractivity contribution in [3.8, 4) is 0 Å². The van der Waals surface area contributed by atoms with Crippen LogP contribution in [0.3, 0.4) is 0 Å². The predicted molar refractivity (Wildman–Crippen MR) is 80.2 cm³/mol. The van der Waals surface area contributed by atoms with Gasteiger partial charge in [0, 0.05) is 10.7 Å². The smallest absolute Gasteiger partial charge is 0.318 e. The molecular formula is C15H10ClF3N2O2. The summed E-state index contributed by atoms with van der Waals surface area (Å²) in [7, 11) is 0. The summed E-state index contributed by atoms with van der Waals surface area (Å²) in [5.41, 5.74) is -1.28. The van der Waals surface area contributed by atoms with Crippen LogP contribution in [0.5, 0.6) is 0 Å². The van der Waals surface area contributed by atoms with E-state index in [-0.39, 0.29) is 5.69 Å². The molecule has 0 saturated heterocycles. The lowest BCUT2D eigenvalue weighted by atomic mass is 10.1. The van der Waals surface area contributed by atoms with Gasteiger partial charge in [0.15, 0.2) is 0 Å². The summed E-state index contributed by atoms with van der Waals surface area (Å²) >= 11 is 5.73. The van der Waals surface area contributed by atoms with Crippen LogP contribution in [0.4, 0.5) is 24.5 Å². The lowest BCUT2D eigenvalue weighted by molar-refractivity contribution is -0.137. The molecule has 0 aromatic heterocycles. The Morgan fingerprint density at radius 1 is 0.913 bits per heavy atom. The first-order valence-electron chi connectivity index (χ1n) is 6.31. The van der Waals surface area contributed by atoms with Crippen LogP contribution in [0, 0.1) is 0 Å². The summed E-state index contributed by atoms with van der Waals surface area (Å²) in [6.45, 7) is 0. The van der Waals surface area contributed by atoms with Crippen molar-refractivity contribution in [3.63, 3.8) is 0 Å². The lowest BCUT2D eigenvalue weighted by Gasteiger charge is -2.13. The zero-order valence-corrected chi connectivity index (χ0v) is 12.2. The summed E-state index contributed by atoms with van der Waals surface area (Å²) in [5, 5.41) is 4.53. The monoisotopic (exact) mass is 342 g/mol. The number of para-hydroxylation sites is 1. The number of alkyl halides is 3. The van der Waals surface area contributed by atoms with Gasteiger partial charge in [-0.25, -0.2) is 0 Å². The number of carbonyl (C=O) groups excluding carboxylic acids is 2. The number of hydrogen-bond acceptors (Lipinski definition) is 2. The molecule has 2 rings (SSSR count). The molecule has 0 radical (unpaired) electrons. The maximum Gasteiger partial charge on any atom is 0.418 e. The van der Waals surface area contributed by atoms with Crippen LogP contribution in [0.25, 0.3) is 0 Å². The van der Waals surface area contributed by atoms with Gasteiger partial charge in [-0.2, -0.15) is 13.2 Å². The van der Waals surface area contributed by atoms with E-state index in [4.69, 9.17) is 11.6 Å². The zero-order chi connectivity index (χ0) is 17.0. The third-order valence-electron chi connectivity index (χ3n) is 2.77. The summed E-state index contributed by atoms with van der Waals surface area (Å²) in [4.78, 5) is 23.5. The molecule has 2 N–H and O–H groups in total. The molecule has 0 aliphatic carbocycles. The van der Waals surface area contributed by atoms with Gasteiger partial charge in [-0.05, 0) is 30.3 Å². The quantitative estimate of drug-likeness (QED) is 0.812. The van der Waals surface area contributed by atoms with Crippen LogP contribution in [-0.4, -0.2) is 11.8 Å². The van der Waals surface area contributed by atoms with Crippen LogP contribution in [0.1, 0.15) is 5.56 Å². The van der Waals surface area contributed by atoms with E-state index in [0.29, 0.717) is 5.02 Å². The molecule has 0 saturated carbocycles. The van der Waals surface area contributed by atoms with E-state index in [9.17, 15) is 22.8 Å². The highest BCUT2D eigenvalue weighted by atomic mass is 35.5. The topological polar surface area (TPSA) is 58.2 Å². The predicted octanol–water partition coefficient (Wildman–Crippen LogP) is 3.94. The van der Waals surface area contributed by atoms with Gasteiger partial charge < -0.3 is 10.6 Å². The zero-order valence-electron chi connectivity index (χ0n) is 11.4. The van der Waals surface area contributed by atoms with Crippen molar-refractivity contribution in [2.45, 2.75) is 6.18 Å². The van der Waals surface area contributed by atoms with Gasteiger partial charge in [-0.15, -0.1) is 0 Å². The molecule has 0 fully saturated rings. The molecule has 4 nitrogen and oxygen atoms in total. The molecule has 8 heteroatoms. The van der Waals surface area contributed by atoms with Crippen molar-refractivity contribution in [1.82, 2.24) is 0 Å². The average Bonchev–Trinajstić information content (AvgIpc) is 2.46. The fourth-order valence-electron chi connectivity index (χ4n) is 1.77. The Labute approximate surface area is 134 Å². The standard InChI is InChI=1S/C15H10ClF3N2O2/c16-9-4-3-5-10(8-9)20-13(22)14(23)21-12-7-2-1-6-11(12)15(17,18)19/h1-8H,(H,20,22)(H,21,23). The molecule has 0 bridgehead atoms. The Balaban J connectivity index is 2.12. The first-order valence-corrected chi connectivity index (χ1v) is 6.69. The second kappa shape index (κ2) is 6.70. The Hall–Kier alpha value is -2.54. The van der Waals surface area contributed by atoms with Crippen molar-refractivity contribution in [2.24, 2.45) is 0 Å². The van der Waals surface area contributed by atoms with Crippen LogP contribution < -0.4 is 10.6 Å². The molecular weight excluding hydrogens is 333 g/mol. The van der Waals surface area contributed by atoms with E-state index in [1.54, 1.807) is 12.1 Å². The van der Waals surface area contributed by atoms with Gasteiger partial charge >= 0.3 is 18.0 Å². The molecule has 0 aliphatic heterocycles. The molecule has 2 aromatic carbocycles. The molecule has 0 spiro atoms. The minimum absolute atomic E-state index is 0.252. The lowest BCUT2D eigenvalue weighted by Crippen LogP contribution is -2.30. The van der Waals surface area contributed by atoms with E-state index in [0.717, 1.165) is 12.1 Å². The van der Waals surface area contributed by atoms with Crippen molar-refractivity contribution in [2.75, 3.05) is 10.6 Å². The number of halogens is 4. The third kappa shape index (κ3) is 4.46. The van der Waals surface area contributed by atoms with E-state index >= 15 is 0 Å². The average molecular weight is 343 g/mol. The van der Waals surface area contributed by atoms with E-state index < -0.39 is 29.2 Å². The summed E-state index contributed by atoms with van der Waals surface area (Å²) in [5.74, 6) is -2.33. The van der Waals surface area contributed by atoms with Crippen LogP contribution in [-0.2, 0) is 15.8 Å². The second-order valence-electron chi connectivity index (χ2n) is 4.46. The summed E-state index contributed by atoms with van der Waals surface area (Å²) < 4.78 is 38.5. The second-order valence-corrected chi connectivity index (χ2v) is 4.90. The maximum atomic E-state index is 12.8. The van der Waals surface area contributed by atoms with Gasteiger partial charge in [-0.3, -0.25) is 9.59 Å². The molecule has 0 unspecified atom stereocenters. The van der Waals surface area contributed by atoms with E-state index in [1.807, 2.05) is 5.32 Å². The van der Waals surface area contributed by atoms with Gasteiger partial charge in [0.05, 0.1) is 11.3 Å². The van der Waals surface area contributed by atoms with Crippen LogP contribution in [0.2, 0.25) is 5.02 Å². The number of nitrogens with one attached hydrogen (secondary N) is 2. The SMILES string of the molecule is O=C(Nc1cccc(Cl)c1)C(=O)Nc1ccccc1C(F)(F)F. The maximum absolute atomic E-state index is 12.8. The van der Waals surface area contributed by atoms with Crippen LogP contribution in [0.15, 0.2) is 48.5 Å². The van der Waals surface area contributed by atoms with Crippen molar-refractivity contribution in [3.05, 3.63) is 59.1 Å².